The van der Waals surface area contributed by atoms with Crippen molar-refractivity contribution in [2.75, 3.05) is 6.61 Å². The molecule has 17 heavy (non-hydrogen) atoms. The summed E-state index contributed by atoms with van der Waals surface area (Å²) in [5.74, 6) is 0. The molecule has 1 aromatic carbocycles. The first-order valence-electron chi connectivity index (χ1n) is 6.10. The molecule has 1 heterocycles. The summed E-state index contributed by atoms with van der Waals surface area (Å²) in [7, 11) is 0. The van der Waals surface area contributed by atoms with Crippen molar-refractivity contribution >= 4 is 11.6 Å². The minimum Gasteiger partial charge on any atom is -0.359 e. The van der Waals surface area contributed by atoms with Crippen molar-refractivity contribution in [2.45, 2.75) is 39.5 Å². The topological polar surface area (TPSA) is 21.3 Å². The average Bonchev–Trinajstić information content (AvgIpc) is 2.29. The van der Waals surface area contributed by atoms with Crippen molar-refractivity contribution in [3.63, 3.8) is 0 Å². The van der Waals surface area contributed by atoms with Crippen molar-refractivity contribution in [3.8, 4) is 0 Å². The Balaban J connectivity index is 2.09. The third-order valence-electron chi connectivity index (χ3n) is 3.26. The molecule has 1 fully saturated rings. The Hall–Kier alpha value is -0.570. The first-order chi connectivity index (χ1) is 7.97. The van der Waals surface area contributed by atoms with Crippen LogP contribution < -0.4 is 5.32 Å². The minimum absolute atomic E-state index is 0.00904. The van der Waals surface area contributed by atoms with Crippen LogP contribution in [0.25, 0.3) is 0 Å². The molecule has 0 amide bonds. The summed E-state index contributed by atoms with van der Waals surface area (Å²) in [6, 6.07) is 8.33. The maximum atomic E-state index is 5.89. The summed E-state index contributed by atoms with van der Waals surface area (Å²) < 4.78 is 5.78. The summed E-state index contributed by atoms with van der Waals surface area (Å²) in [4.78, 5) is 0. The summed E-state index contributed by atoms with van der Waals surface area (Å²) >= 11 is 5.89. The Labute approximate surface area is 108 Å². The van der Waals surface area contributed by atoms with Gasteiger partial charge in [0, 0.05) is 11.1 Å². The summed E-state index contributed by atoms with van der Waals surface area (Å²) in [6.45, 7) is 7.58. The van der Waals surface area contributed by atoms with Gasteiger partial charge in [-0.2, -0.15) is 0 Å². The van der Waals surface area contributed by atoms with E-state index in [1.54, 1.807) is 0 Å². The molecule has 1 aromatic rings. The predicted octanol–water partition coefficient (Wildman–Crippen LogP) is 3.76. The van der Waals surface area contributed by atoms with E-state index in [0.29, 0.717) is 6.04 Å². The number of rotatable bonds is 1. The molecule has 1 aliphatic heterocycles. The van der Waals surface area contributed by atoms with Crippen LogP contribution in [0.1, 0.15) is 39.0 Å². The molecule has 1 aliphatic rings. The van der Waals surface area contributed by atoms with Crippen LogP contribution in [0.2, 0.25) is 5.02 Å². The first kappa shape index (κ1) is 12.9. The highest BCUT2D eigenvalue weighted by molar-refractivity contribution is 6.30. The third-order valence-corrected chi connectivity index (χ3v) is 3.51. The second kappa shape index (κ2) is 4.97. The molecule has 0 spiro atoms. The van der Waals surface area contributed by atoms with Crippen LogP contribution in [0.5, 0.6) is 0 Å². The Kier molecular flexibility index (Phi) is 3.76. The standard InChI is InChI=1S/C14H20ClNO/c1-14(2,3)12-8-9-17-13(16-12)10-4-6-11(15)7-5-10/h4-7,12-13,16H,8-9H2,1-3H3/t12-,13+/m1/s1. The van der Waals surface area contributed by atoms with Crippen LogP contribution >= 0.6 is 11.6 Å². The summed E-state index contributed by atoms with van der Waals surface area (Å²) in [5, 5.41) is 4.32. The number of hydrogen-bond donors (Lipinski definition) is 1. The molecule has 2 atom stereocenters. The van der Waals surface area contributed by atoms with Crippen LogP contribution in [0.3, 0.4) is 0 Å². The van der Waals surface area contributed by atoms with Gasteiger partial charge in [0.25, 0.3) is 0 Å². The number of ether oxygens (including phenoxy) is 1. The molecule has 1 saturated heterocycles. The predicted molar refractivity (Wildman–Crippen MR) is 71.1 cm³/mol. The zero-order valence-electron chi connectivity index (χ0n) is 10.7. The fourth-order valence-corrected chi connectivity index (χ4v) is 2.26. The second-order valence-electron chi connectivity index (χ2n) is 5.68. The maximum Gasteiger partial charge on any atom is 0.134 e. The highest BCUT2D eigenvalue weighted by Gasteiger charge is 2.30. The quantitative estimate of drug-likeness (QED) is 0.823. The van der Waals surface area contributed by atoms with Gasteiger partial charge in [0.15, 0.2) is 0 Å². The van der Waals surface area contributed by atoms with Crippen LogP contribution in [0, 0.1) is 5.41 Å². The lowest BCUT2D eigenvalue weighted by molar-refractivity contribution is -0.0400. The minimum atomic E-state index is -0.00904. The van der Waals surface area contributed by atoms with Gasteiger partial charge in [0.05, 0.1) is 6.61 Å². The van der Waals surface area contributed by atoms with Gasteiger partial charge in [-0.05, 0) is 29.5 Å². The van der Waals surface area contributed by atoms with Gasteiger partial charge in [-0.1, -0.05) is 44.5 Å². The summed E-state index contributed by atoms with van der Waals surface area (Å²) in [5.41, 5.74) is 1.40. The Morgan fingerprint density at radius 3 is 2.47 bits per heavy atom. The molecule has 0 aliphatic carbocycles. The highest BCUT2D eigenvalue weighted by atomic mass is 35.5. The van der Waals surface area contributed by atoms with Crippen molar-refractivity contribution in [3.05, 3.63) is 34.9 Å². The fraction of sp³-hybridized carbons (Fsp3) is 0.571. The van der Waals surface area contributed by atoms with E-state index in [4.69, 9.17) is 16.3 Å². The van der Waals surface area contributed by atoms with Gasteiger partial charge in [-0.3, -0.25) is 5.32 Å². The Morgan fingerprint density at radius 1 is 1.24 bits per heavy atom. The van der Waals surface area contributed by atoms with Gasteiger partial charge >= 0.3 is 0 Å². The summed E-state index contributed by atoms with van der Waals surface area (Å²) in [6.07, 6.45) is 1.05. The normalized spacial score (nSPS) is 25.9. The first-order valence-corrected chi connectivity index (χ1v) is 6.48. The number of benzene rings is 1. The number of hydrogen-bond acceptors (Lipinski definition) is 2. The zero-order valence-corrected chi connectivity index (χ0v) is 11.4. The molecular formula is C14H20ClNO. The maximum absolute atomic E-state index is 5.89. The van der Waals surface area contributed by atoms with E-state index >= 15 is 0 Å². The molecule has 0 aromatic heterocycles. The average molecular weight is 254 g/mol. The van der Waals surface area contributed by atoms with Crippen LogP contribution in [-0.4, -0.2) is 12.6 Å². The molecule has 0 saturated carbocycles. The lowest BCUT2D eigenvalue weighted by atomic mass is 9.84. The Bertz CT molecular complexity index is 369. The van der Waals surface area contributed by atoms with E-state index in [9.17, 15) is 0 Å². The molecule has 94 valence electrons. The fourth-order valence-electron chi connectivity index (χ4n) is 2.13. The van der Waals surface area contributed by atoms with Crippen LogP contribution in [0.15, 0.2) is 24.3 Å². The van der Waals surface area contributed by atoms with E-state index in [0.717, 1.165) is 23.6 Å². The SMILES string of the molecule is CC(C)(C)[C@H]1CCO[C@@H](c2ccc(Cl)cc2)N1. The largest absolute Gasteiger partial charge is 0.359 e. The molecule has 2 nitrogen and oxygen atoms in total. The van der Waals surface area contributed by atoms with E-state index in [1.165, 1.54) is 0 Å². The van der Waals surface area contributed by atoms with Gasteiger partial charge in [-0.15, -0.1) is 0 Å². The van der Waals surface area contributed by atoms with Crippen LogP contribution in [-0.2, 0) is 4.74 Å². The zero-order chi connectivity index (χ0) is 12.5. The molecule has 1 N–H and O–H groups in total. The Morgan fingerprint density at radius 2 is 1.88 bits per heavy atom. The molecule has 3 heteroatoms. The number of nitrogens with one attached hydrogen (secondary N) is 1. The number of halogens is 1. The highest BCUT2D eigenvalue weighted by Crippen LogP contribution is 2.29. The lowest BCUT2D eigenvalue weighted by Crippen LogP contribution is -2.47. The van der Waals surface area contributed by atoms with E-state index in [-0.39, 0.29) is 11.6 Å². The van der Waals surface area contributed by atoms with Crippen molar-refractivity contribution in [1.29, 1.82) is 0 Å². The molecule has 0 radical (unpaired) electrons. The van der Waals surface area contributed by atoms with E-state index in [1.807, 2.05) is 24.3 Å². The van der Waals surface area contributed by atoms with Gasteiger partial charge in [-0.25, -0.2) is 0 Å². The van der Waals surface area contributed by atoms with Gasteiger partial charge < -0.3 is 4.74 Å². The smallest absolute Gasteiger partial charge is 0.134 e. The van der Waals surface area contributed by atoms with Crippen molar-refractivity contribution < 1.29 is 4.74 Å². The lowest BCUT2D eigenvalue weighted by Gasteiger charge is -2.39. The molecule has 0 unspecified atom stereocenters. The van der Waals surface area contributed by atoms with Crippen LogP contribution in [0.4, 0.5) is 0 Å². The van der Waals surface area contributed by atoms with Gasteiger partial charge in [0.1, 0.15) is 6.23 Å². The van der Waals surface area contributed by atoms with Crippen molar-refractivity contribution in [1.82, 2.24) is 5.32 Å². The van der Waals surface area contributed by atoms with Gasteiger partial charge in [0.2, 0.25) is 0 Å². The molecular weight excluding hydrogens is 234 g/mol. The van der Waals surface area contributed by atoms with E-state index < -0.39 is 0 Å². The second-order valence-corrected chi connectivity index (χ2v) is 6.11. The molecule has 0 bridgehead atoms. The van der Waals surface area contributed by atoms with E-state index in [2.05, 4.69) is 26.1 Å². The third kappa shape index (κ3) is 3.21. The monoisotopic (exact) mass is 253 g/mol. The molecule has 2 rings (SSSR count). The van der Waals surface area contributed by atoms with Crippen molar-refractivity contribution in [2.24, 2.45) is 5.41 Å².